The Morgan fingerprint density at radius 2 is 1.62 bits per heavy atom. The number of methoxy groups -OCH3 is 1. The highest BCUT2D eigenvalue weighted by molar-refractivity contribution is 6.39. The van der Waals surface area contributed by atoms with Gasteiger partial charge < -0.3 is 15.0 Å². The first-order valence-electron chi connectivity index (χ1n) is 8.26. The maximum Gasteiger partial charge on any atom is 0.337 e. The largest absolute Gasteiger partial charge is 0.465 e. The Bertz CT molecular complexity index is 770. The number of benzene rings is 2. The van der Waals surface area contributed by atoms with E-state index in [0.29, 0.717) is 17.8 Å². The molecule has 0 aliphatic carbocycles. The molecule has 0 saturated heterocycles. The number of amides is 2. The third-order valence-corrected chi connectivity index (χ3v) is 3.84. The second-order valence-corrected chi connectivity index (χ2v) is 6.04. The first-order valence-corrected chi connectivity index (χ1v) is 8.26. The van der Waals surface area contributed by atoms with Crippen LogP contribution in [-0.4, -0.2) is 35.8 Å². The molecular formula is C20H22N2O4. The summed E-state index contributed by atoms with van der Waals surface area (Å²) in [7, 11) is 1.30. The van der Waals surface area contributed by atoms with E-state index in [-0.39, 0.29) is 6.04 Å². The molecule has 0 fully saturated rings. The van der Waals surface area contributed by atoms with Gasteiger partial charge >= 0.3 is 17.8 Å². The molecule has 0 aliphatic heterocycles. The summed E-state index contributed by atoms with van der Waals surface area (Å²) in [6.45, 7) is 4.07. The van der Waals surface area contributed by atoms with Crippen molar-refractivity contribution >= 4 is 23.5 Å². The van der Waals surface area contributed by atoms with Gasteiger partial charge in [0.2, 0.25) is 0 Å². The van der Waals surface area contributed by atoms with E-state index in [1.54, 1.807) is 12.1 Å². The van der Waals surface area contributed by atoms with Crippen molar-refractivity contribution < 1.29 is 19.1 Å². The van der Waals surface area contributed by atoms with Gasteiger partial charge in [0.05, 0.1) is 12.7 Å². The van der Waals surface area contributed by atoms with Crippen LogP contribution in [0.5, 0.6) is 0 Å². The van der Waals surface area contributed by atoms with Gasteiger partial charge in [0.25, 0.3) is 0 Å². The van der Waals surface area contributed by atoms with Gasteiger partial charge in [-0.05, 0) is 43.7 Å². The van der Waals surface area contributed by atoms with Gasteiger partial charge in [-0.2, -0.15) is 0 Å². The molecule has 0 aromatic heterocycles. The van der Waals surface area contributed by atoms with Gasteiger partial charge in [-0.25, -0.2) is 4.79 Å². The van der Waals surface area contributed by atoms with Crippen molar-refractivity contribution in [3.63, 3.8) is 0 Å². The van der Waals surface area contributed by atoms with Crippen molar-refractivity contribution in [1.82, 2.24) is 4.90 Å². The zero-order valence-corrected chi connectivity index (χ0v) is 15.1. The summed E-state index contributed by atoms with van der Waals surface area (Å²) in [6.07, 6.45) is 0. The van der Waals surface area contributed by atoms with Crippen LogP contribution in [0.2, 0.25) is 0 Å². The highest BCUT2D eigenvalue weighted by atomic mass is 16.5. The number of rotatable bonds is 5. The summed E-state index contributed by atoms with van der Waals surface area (Å²) in [6, 6.07) is 15.5. The zero-order chi connectivity index (χ0) is 19.1. The summed E-state index contributed by atoms with van der Waals surface area (Å²) in [5.41, 5.74) is 1.74. The van der Waals surface area contributed by atoms with Crippen LogP contribution in [0.3, 0.4) is 0 Å². The maximum atomic E-state index is 12.6. The fourth-order valence-electron chi connectivity index (χ4n) is 2.39. The number of nitrogens with one attached hydrogen (secondary N) is 1. The smallest absolute Gasteiger partial charge is 0.337 e. The Kier molecular flexibility index (Phi) is 6.49. The third kappa shape index (κ3) is 4.92. The molecule has 2 aromatic rings. The SMILES string of the molecule is COC(=O)c1ccc(NC(=O)C(=O)N(Cc2ccccc2)C(C)C)cc1. The van der Waals surface area contributed by atoms with Crippen LogP contribution in [0.1, 0.15) is 29.8 Å². The maximum absolute atomic E-state index is 12.6. The molecule has 2 amide bonds. The summed E-state index contributed by atoms with van der Waals surface area (Å²) in [5.74, 6) is -1.80. The van der Waals surface area contributed by atoms with E-state index in [1.807, 2.05) is 44.2 Å². The van der Waals surface area contributed by atoms with Crippen LogP contribution in [0, 0.1) is 0 Å². The van der Waals surface area contributed by atoms with Crippen LogP contribution in [-0.2, 0) is 20.9 Å². The van der Waals surface area contributed by atoms with Crippen molar-refractivity contribution in [1.29, 1.82) is 0 Å². The minimum absolute atomic E-state index is 0.129. The number of ether oxygens (including phenoxy) is 1. The van der Waals surface area contributed by atoms with Crippen molar-refractivity contribution in [3.05, 3.63) is 65.7 Å². The second-order valence-electron chi connectivity index (χ2n) is 6.04. The Morgan fingerprint density at radius 1 is 1.00 bits per heavy atom. The zero-order valence-electron chi connectivity index (χ0n) is 15.1. The quantitative estimate of drug-likeness (QED) is 0.662. The van der Waals surface area contributed by atoms with Gasteiger partial charge in [0.15, 0.2) is 0 Å². The third-order valence-electron chi connectivity index (χ3n) is 3.84. The van der Waals surface area contributed by atoms with Crippen LogP contribution >= 0.6 is 0 Å². The molecule has 0 heterocycles. The highest BCUT2D eigenvalue weighted by Gasteiger charge is 2.24. The average Bonchev–Trinajstić information content (AvgIpc) is 2.66. The molecule has 2 rings (SSSR count). The molecule has 1 N–H and O–H groups in total. The number of hydrogen-bond acceptors (Lipinski definition) is 4. The van der Waals surface area contributed by atoms with Crippen LogP contribution in [0.15, 0.2) is 54.6 Å². The van der Waals surface area contributed by atoms with Crippen molar-refractivity contribution in [2.24, 2.45) is 0 Å². The van der Waals surface area contributed by atoms with Crippen LogP contribution in [0.4, 0.5) is 5.69 Å². The number of carbonyl (C=O) groups excluding carboxylic acids is 3. The van der Waals surface area contributed by atoms with Crippen LogP contribution < -0.4 is 5.32 Å². The first-order chi connectivity index (χ1) is 12.4. The summed E-state index contributed by atoms with van der Waals surface area (Å²) in [4.78, 5) is 37.8. The Hall–Kier alpha value is -3.15. The second kappa shape index (κ2) is 8.80. The van der Waals surface area contributed by atoms with Crippen molar-refractivity contribution in [2.45, 2.75) is 26.4 Å². The van der Waals surface area contributed by atoms with Gasteiger partial charge in [0, 0.05) is 18.3 Å². The molecule has 0 saturated carbocycles. The van der Waals surface area contributed by atoms with Crippen molar-refractivity contribution in [2.75, 3.05) is 12.4 Å². The fraction of sp³-hybridized carbons (Fsp3) is 0.250. The lowest BCUT2D eigenvalue weighted by molar-refractivity contribution is -0.144. The van der Waals surface area contributed by atoms with Crippen molar-refractivity contribution in [3.8, 4) is 0 Å². The van der Waals surface area contributed by atoms with E-state index in [2.05, 4.69) is 10.1 Å². The molecular weight excluding hydrogens is 332 g/mol. The van der Waals surface area contributed by atoms with Gasteiger partial charge in [-0.3, -0.25) is 9.59 Å². The summed E-state index contributed by atoms with van der Waals surface area (Å²) in [5, 5.41) is 2.56. The molecule has 26 heavy (non-hydrogen) atoms. The highest BCUT2D eigenvalue weighted by Crippen LogP contribution is 2.13. The normalized spacial score (nSPS) is 10.3. The first kappa shape index (κ1) is 19.2. The molecule has 0 aliphatic rings. The standard InChI is InChI=1S/C20H22N2O4/c1-14(2)22(13-15-7-5-4-6-8-15)19(24)18(23)21-17-11-9-16(10-12-17)20(25)26-3/h4-12,14H,13H2,1-3H3,(H,21,23). The fourth-order valence-corrected chi connectivity index (χ4v) is 2.39. The molecule has 0 atom stereocenters. The molecule has 0 spiro atoms. The Labute approximate surface area is 152 Å². The Morgan fingerprint density at radius 3 is 2.15 bits per heavy atom. The summed E-state index contributed by atoms with van der Waals surface area (Å²) < 4.78 is 4.62. The van der Waals surface area contributed by atoms with Gasteiger partial charge in [0.1, 0.15) is 0 Å². The number of carbonyl (C=O) groups is 3. The monoisotopic (exact) mass is 354 g/mol. The van der Waals surface area contributed by atoms with E-state index in [1.165, 1.54) is 24.1 Å². The predicted octanol–water partition coefficient (Wildman–Crippen LogP) is 2.85. The topological polar surface area (TPSA) is 75.7 Å². The lowest BCUT2D eigenvalue weighted by atomic mass is 10.2. The number of anilines is 1. The Balaban J connectivity index is 2.06. The number of hydrogen-bond donors (Lipinski definition) is 1. The lowest BCUT2D eigenvalue weighted by Crippen LogP contribution is -2.43. The number of esters is 1. The molecule has 136 valence electrons. The van der Waals surface area contributed by atoms with E-state index in [0.717, 1.165) is 5.56 Å². The number of nitrogens with zero attached hydrogens (tertiary/aromatic N) is 1. The van der Waals surface area contributed by atoms with E-state index >= 15 is 0 Å². The summed E-state index contributed by atoms with van der Waals surface area (Å²) >= 11 is 0. The van der Waals surface area contributed by atoms with Gasteiger partial charge in [-0.15, -0.1) is 0 Å². The minimum Gasteiger partial charge on any atom is -0.465 e. The average molecular weight is 354 g/mol. The lowest BCUT2D eigenvalue weighted by Gasteiger charge is -2.26. The molecule has 2 aromatic carbocycles. The van der Waals surface area contributed by atoms with Gasteiger partial charge in [-0.1, -0.05) is 30.3 Å². The molecule has 0 bridgehead atoms. The molecule has 0 unspecified atom stereocenters. The minimum atomic E-state index is -0.722. The van der Waals surface area contributed by atoms with Crippen LogP contribution in [0.25, 0.3) is 0 Å². The predicted molar refractivity (Wildman–Crippen MR) is 98.5 cm³/mol. The molecule has 6 nitrogen and oxygen atoms in total. The van der Waals surface area contributed by atoms with E-state index in [4.69, 9.17) is 0 Å². The van der Waals surface area contributed by atoms with E-state index in [9.17, 15) is 14.4 Å². The van der Waals surface area contributed by atoms with E-state index < -0.39 is 17.8 Å². The molecule has 6 heteroatoms. The molecule has 0 radical (unpaired) electrons.